The van der Waals surface area contributed by atoms with Crippen LogP contribution in [0.4, 0.5) is 11.4 Å². The molecule has 0 aliphatic rings. The molecule has 108 valence electrons. The third-order valence-electron chi connectivity index (χ3n) is 2.89. The normalized spacial score (nSPS) is 10.8. The van der Waals surface area contributed by atoms with Gasteiger partial charge in [-0.25, -0.2) is 0 Å². The Morgan fingerprint density at radius 1 is 1.29 bits per heavy atom. The van der Waals surface area contributed by atoms with Crippen LogP contribution in [0.2, 0.25) is 0 Å². The van der Waals surface area contributed by atoms with Crippen molar-refractivity contribution in [3.63, 3.8) is 0 Å². The molecule has 0 aliphatic carbocycles. The van der Waals surface area contributed by atoms with Crippen LogP contribution in [0.25, 0.3) is 0 Å². The van der Waals surface area contributed by atoms with Crippen LogP contribution in [0, 0.1) is 17.0 Å². The molecule has 2 aromatic rings. The van der Waals surface area contributed by atoms with Gasteiger partial charge in [0.1, 0.15) is 0 Å². The van der Waals surface area contributed by atoms with E-state index in [4.69, 9.17) is 4.74 Å². The zero-order valence-electron chi connectivity index (χ0n) is 11.6. The highest BCUT2D eigenvalue weighted by Crippen LogP contribution is 2.36. The molecule has 0 radical (unpaired) electrons. The molecule has 0 saturated carbocycles. The summed E-state index contributed by atoms with van der Waals surface area (Å²) in [6.07, 6.45) is 1.49. The second-order valence-electron chi connectivity index (χ2n) is 4.44. The van der Waals surface area contributed by atoms with Gasteiger partial charge < -0.3 is 9.84 Å². The number of aromatic hydroxyl groups is 1. The molecule has 0 aromatic heterocycles. The monoisotopic (exact) mass is 286 g/mol. The number of nitrogens with zero attached hydrogens (tertiary/aromatic N) is 2. The van der Waals surface area contributed by atoms with Gasteiger partial charge in [0.25, 0.3) is 0 Å². The van der Waals surface area contributed by atoms with Crippen LogP contribution in [-0.4, -0.2) is 23.4 Å². The SMILES string of the molecule is COc1cc(C=Nc2ccc(C)cc2)cc([N+](=O)[O-])c1O. The summed E-state index contributed by atoms with van der Waals surface area (Å²) in [5, 5.41) is 20.6. The van der Waals surface area contributed by atoms with Crippen molar-refractivity contribution < 1.29 is 14.8 Å². The molecular formula is C15H14N2O4. The van der Waals surface area contributed by atoms with E-state index in [0.717, 1.165) is 11.3 Å². The maximum absolute atomic E-state index is 10.9. The minimum atomic E-state index is -0.666. The summed E-state index contributed by atoms with van der Waals surface area (Å²) in [7, 11) is 1.33. The summed E-state index contributed by atoms with van der Waals surface area (Å²) >= 11 is 0. The minimum absolute atomic E-state index is 0.0366. The van der Waals surface area contributed by atoms with Gasteiger partial charge in [0.2, 0.25) is 5.75 Å². The van der Waals surface area contributed by atoms with E-state index in [1.807, 2.05) is 31.2 Å². The van der Waals surface area contributed by atoms with E-state index < -0.39 is 16.4 Å². The van der Waals surface area contributed by atoms with Crippen molar-refractivity contribution >= 4 is 17.6 Å². The lowest BCUT2D eigenvalue weighted by molar-refractivity contribution is -0.386. The average Bonchev–Trinajstić information content (AvgIpc) is 2.47. The van der Waals surface area contributed by atoms with Crippen molar-refractivity contribution in [2.45, 2.75) is 6.92 Å². The van der Waals surface area contributed by atoms with Crippen molar-refractivity contribution in [3.8, 4) is 11.5 Å². The van der Waals surface area contributed by atoms with Crippen LogP contribution in [0.15, 0.2) is 41.4 Å². The molecular weight excluding hydrogens is 272 g/mol. The average molecular weight is 286 g/mol. The molecule has 0 heterocycles. The fraction of sp³-hybridized carbons (Fsp3) is 0.133. The van der Waals surface area contributed by atoms with Gasteiger partial charge in [0.05, 0.1) is 17.7 Å². The highest BCUT2D eigenvalue weighted by molar-refractivity contribution is 5.85. The van der Waals surface area contributed by atoms with E-state index >= 15 is 0 Å². The predicted octanol–water partition coefficient (Wildman–Crippen LogP) is 3.37. The number of rotatable bonds is 4. The molecule has 0 spiro atoms. The maximum Gasteiger partial charge on any atom is 0.315 e. The molecule has 0 saturated heterocycles. The number of nitro groups is 1. The van der Waals surface area contributed by atoms with Gasteiger partial charge in [-0.1, -0.05) is 17.7 Å². The summed E-state index contributed by atoms with van der Waals surface area (Å²) < 4.78 is 4.93. The van der Waals surface area contributed by atoms with Gasteiger partial charge in [-0.2, -0.15) is 0 Å². The Hall–Kier alpha value is -2.89. The summed E-state index contributed by atoms with van der Waals surface area (Å²) in [6.45, 7) is 1.97. The van der Waals surface area contributed by atoms with Crippen molar-refractivity contribution in [1.82, 2.24) is 0 Å². The highest BCUT2D eigenvalue weighted by Gasteiger charge is 2.19. The van der Waals surface area contributed by atoms with E-state index in [0.29, 0.717) is 5.56 Å². The maximum atomic E-state index is 10.9. The number of ether oxygens (including phenoxy) is 1. The van der Waals surface area contributed by atoms with Crippen LogP contribution >= 0.6 is 0 Å². The van der Waals surface area contributed by atoms with Crippen LogP contribution in [-0.2, 0) is 0 Å². The largest absolute Gasteiger partial charge is 0.500 e. The first kappa shape index (κ1) is 14.5. The molecule has 21 heavy (non-hydrogen) atoms. The lowest BCUT2D eigenvalue weighted by Gasteiger charge is -2.05. The number of aliphatic imine (C=N–C) groups is 1. The second kappa shape index (κ2) is 6.04. The zero-order chi connectivity index (χ0) is 15.4. The number of phenols is 1. The van der Waals surface area contributed by atoms with E-state index in [-0.39, 0.29) is 5.75 Å². The van der Waals surface area contributed by atoms with Crippen molar-refractivity contribution in [3.05, 3.63) is 57.6 Å². The first-order chi connectivity index (χ1) is 10.0. The Labute approximate surface area is 121 Å². The Morgan fingerprint density at radius 3 is 2.52 bits per heavy atom. The van der Waals surface area contributed by atoms with Crippen molar-refractivity contribution in [2.24, 2.45) is 4.99 Å². The topological polar surface area (TPSA) is 85.0 Å². The molecule has 0 aliphatic heterocycles. The number of hydrogen-bond acceptors (Lipinski definition) is 5. The molecule has 6 heteroatoms. The van der Waals surface area contributed by atoms with Crippen LogP contribution in [0.1, 0.15) is 11.1 Å². The van der Waals surface area contributed by atoms with E-state index in [2.05, 4.69) is 4.99 Å². The van der Waals surface area contributed by atoms with Crippen LogP contribution in [0.5, 0.6) is 11.5 Å². The van der Waals surface area contributed by atoms with Gasteiger partial charge in [-0.3, -0.25) is 15.1 Å². The highest BCUT2D eigenvalue weighted by atomic mass is 16.6. The molecule has 0 unspecified atom stereocenters. The van der Waals surface area contributed by atoms with E-state index in [9.17, 15) is 15.2 Å². The van der Waals surface area contributed by atoms with E-state index in [1.165, 1.54) is 25.5 Å². The third-order valence-corrected chi connectivity index (χ3v) is 2.89. The Bertz CT molecular complexity index is 694. The quantitative estimate of drug-likeness (QED) is 0.530. The Kier molecular flexibility index (Phi) is 4.18. The summed E-state index contributed by atoms with van der Waals surface area (Å²) in [5.41, 5.74) is 1.91. The van der Waals surface area contributed by atoms with Gasteiger partial charge in [0, 0.05) is 17.8 Å². The molecule has 0 atom stereocenters. The number of phenolic OH excluding ortho intramolecular Hbond substituents is 1. The number of hydrogen-bond donors (Lipinski definition) is 1. The molecule has 0 bridgehead atoms. The summed E-state index contributed by atoms with van der Waals surface area (Å²) in [6, 6.07) is 10.3. The lowest BCUT2D eigenvalue weighted by Crippen LogP contribution is -1.94. The molecule has 1 N–H and O–H groups in total. The van der Waals surface area contributed by atoms with Gasteiger partial charge in [0.15, 0.2) is 5.75 Å². The third kappa shape index (κ3) is 3.36. The van der Waals surface area contributed by atoms with Crippen LogP contribution < -0.4 is 4.74 Å². The molecule has 2 rings (SSSR count). The standard InChI is InChI=1S/C15H14N2O4/c1-10-3-5-12(6-4-10)16-9-11-7-13(17(19)20)15(18)14(8-11)21-2/h3-9,18H,1-2H3. The van der Waals surface area contributed by atoms with Crippen molar-refractivity contribution in [1.29, 1.82) is 0 Å². The molecule has 6 nitrogen and oxygen atoms in total. The fourth-order valence-corrected chi connectivity index (χ4v) is 1.76. The first-order valence-corrected chi connectivity index (χ1v) is 6.17. The zero-order valence-corrected chi connectivity index (χ0v) is 11.6. The summed E-state index contributed by atoms with van der Waals surface area (Å²) in [5.74, 6) is -0.454. The lowest BCUT2D eigenvalue weighted by atomic mass is 10.2. The molecule has 0 amide bonds. The van der Waals surface area contributed by atoms with Gasteiger partial charge in [-0.05, 0) is 25.1 Å². The van der Waals surface area contributed by atoms with Crippen LogP contribution in [0.3, 0.4) is 0 Å². The number of methoxy groups -OCH3 is 1. The predicted molar refractivity (Wildman–Crippen MR) is 79.7 cm³/mol. The molecule has 2 aromatic carbocycles. The number of benzene rings is 2. The number of aryl methyl sites for hydroxylation is 1. The minimum Gasteiger partial charge on any atom is -0.500 e. The molecule has 0 fully saturated rings. The fourth-order valence-electron chi connectivity index (χ4n) is 1.76. The van der Waals surface area contributed by atoms with E-state index in [1.54, 1.807) is 0 Å². The Balaban J connectivity index is 2.37. The summed E-state index contributed by atoms with van der Waals surface area (Å²) in [4.78, 5) is 14.5. The van der Waals surface area contributed by atoms with Crippen molar-refractivity contribution in [2.75, 3.05) is 7.11 Å². The smallest absolute Gasteiger partial charge is 0.315 e. The first-order valence-electron chi connectivity index (χ1n) is 6.17. The van der Waals surface area contributed by atoms with Gasteiger partial charge in [-0.15, -0.1) is 0 Å². The Morgan fingerprint density at radius 2 is 1.95 bits per heavy atom. The second-order valence-corrected chi connectivity index (χ2v) is 4.44. The van der Waals surface area contributed by atoms with Gasteiger partial charge >= 0.3 is 5.69 Å². The number of nitro benzene ring substituents is 1.